The molecule has 0 spiro atoms. The molecule has 4 aromatic rings. The van der Waals surface area contributed by atoms with E-state index >= 15 is 4.39 Å². The second-order valence-electron chi connectivity index (χ2n) is 9.70. The number of ether oxygens (including phenoxy) is 2. The summed E-state index contributed by atoms with van der Waals surface area (Å²) in [6, 6.07) is 14.0. The van der Waals surface area contributed by atoms with Gasteiger partial charge in [-0.15, -0.1) is 0 Å². The minimum absolute atomic E-state index is 0.201. The second kappa shape index (κ2) is 12.7. The number of rotatable bonds is 10. The molecule has 0 bridgehead atoms. The summed E-state index contributed by atoms with van der Waals surface area (Å²) in [5.41, 5.74) is -5.02. The van der Waals surface area contributed by atoms with Gasteiger partial charge in [-0.2, -0.15) is 30.7 Å². The van der Waals surface area contributed by atoms with Gasteiger partial charge < -0.3 is 14.8 Å². The van der Waals surface area contributed by atoms with Gasteiger partial charge in [0, 0.05) is 18.1 Å². The van der Waals surface area contributed by atoms with Gasteiger partial charge in [-0.05, 0) is 59.2 Å². The topological polar surface area (TPSA) is 47.6 Å². The van der Waals surface area contributed by atoms with E-state index in [9.17, 15) is 44.3 Å². The minimum atomic E-state index is -5.20. The van der Waals surface area contributed by atoms with E-state index in [4.69, 9.17) is 4.74 Å². The number of hydrogen-bond acceptors (Lipinski definition) is 3. The number of nitrogens with one attached hydrogen (secondary N) is 1. The first-order valence-electron chi connectivity index (χ1n) is 12.8. The number of benzene rings is 4. The van der Waals surface area contributed by atoms with E-state index in [1.54, 1.807) is 18.2 Å². The molecule has 14 heteroatoms. The highest BCUT2D eigenvalue weighted by molar-refractivity contribution is 5.95. The summed E-state index contributed by atoms with van der Waals surface area (Å²) < 4.78 is 147. The Labute approximate surface area is 249 Å². The quantitative estimate of drug-likeness (QED) is 0.177. The summed E-state index contributed by atoms with van der Waals surface area (Å²) >= 11 is 0. The van der Waals surface area contributed by atoms with Crippen LogP contribution in [0, 0.1) is 17.5 Å². The molecule has 0 aliphatic heterocycles. The van der Waals surface area contributed by atoms with E-state index in [1.165, 1.54) is 18.2 Å². The molecule has 0 fully saturated rings. The van der Waals surface area contributed by atoms with E-state index in [2.05, 4.69) is 10.1 Å². The number of halogens is 10. The Bertz CT molecular complexity index is 1680. The van der Waals surface area contributed by atoms with Crippen LogP contribution >= 0.6 is 0 Å². The fourth-order valence-electron chi connectivity index (χ4n) is 4.61. The van der Waals surface area contributed by atoms with Crippen molar-refractivity contribution >= 4 is 5.91 Å². The summed E-state index contributed by atoms with van der Waals surface area (Å²) in [4.78, 5) is 13.6. The molecule has 0 unspecified atom stereocenters. The van der Waals surface area contributed by atoms with Crippen LogP contribution in [0.5, 0.6) is 11.5 Å². The molecule has 45 heavy (non-hydrogen) atoms. The van der Waals surface area contributed by atoms with Gasteiger partial charge in [0.25, 0.3) is 5.91 Å². The summed E-state index contributed by atoms with van der Waals surface area (Å²) in [5, 5.41) is 2.44. The lowest BCUT2D eigenvalue weighted by molar-refractivity contribution is -0.253. The van der Waals surface area contributed by atoms with Crippen molar-refractivity contribution in [3.05, 3.63) is 130 Å². The van der Waals surface area contributed by atoms with Gasteiger partial charge in [-0.1, -0.05) is 36.4 Å². The van der Waals surface area contributed by atoms with Crippen molar-refractivity contribution in [3.63, 3.8) is 0 Å². The summed E-state index contributed by atoms with van der Waals surface area (Å²) in [6.07, 6.45) is -15.0. The van der Waals surface area contributed by atoms with E-state index in [0.29, 0.717) is 29.8 Å². The third kappa shape index (κ3) is 7.32. The van der Waals surface area contributed by atoms with Gasteiger partial charge in [0.2, 0.25) is 0 Å². The molecule has 0 saturated carbocycles. The van der Waals surface area contributed by atoms with Crippen molar-refractivity contribution in [2.24, 2.45) is 0 Å². The number of amides is 1. The minimum Gasteiger partial charge on any atom is -0.494 e. The van der Waals surface area contributed by atoms with Crippen molar-refractivity contribution in [1.29, 1.82) is 0 Å². The zero-order chi connectivity index (χ0) is 33.2. The first kappa shape index (κ1) is 33.1. The fraction of sp³-hybridized carbons (Fsp3) is 0.194. The zero-order valence-electron chi connectivity index (χ0n) is 22.9. The summed E-state index contributed by atoms with van der Waals surface area (Å²) in [6.45, 7) is 0. The average molecular weight is 645 g/mol. The molecule has 1 atom stereocenters. The summed E-state index contributed by atoms with van der Waals surface area (Å²) in [7, 11) is 1.14. The highest BCUT2D eigenvalue weighted by Gasteiger charge is 2.45. The highest BCUT2D eigenvalue weighted by Crippen LogP contribution is 2.40. The Hall–Kier alpha value is -4.75. The number of alkyl halides is 7. The molecule has 4 aromatic carbocycles. The van der Waals surface area contributed by atoms with Gasteiger partial charge in [0.1, 0.15) is 17.4 Å². The standard InChI is InChI=1S/C31H21F10NO3/c1-44-26-10-8-19(14-25(26)34)29(16-17-5-3-2-4-6-17,20-12-21(32)15-22(13-20)45-31(40,41)28(35)36)42-27(43)18-7-9-24(33)23(11-18)30(37,38)39/h2-15,28H,16H2,1H3,(H,42,43)/t29-/m1/s1. The second-order valence-corrected chi connectivity index (χ2v) is 9.70. The van der Waals surface area contributed by atoms with Crippen LogP contribution in [0.1, 0.15) is 32.6 Å². The van der Waals surface area contributed by atoms with E-state index < -0.39 is 76.5 Å². The molecule has 0 radical (unpaired) electrons. The van der Waals surface area contributed by atoms with Crippen LogP contribution in [0.2, 0.25) is 0 Å². The van der Waals surface area contributed by atoms with Crippen LogP contribution in [0.15, 0.2) is 84.9 Å². The monoisotopic (exact) mass is 645 g/mol. The van der Waals surface area contributed by atoms with Crippen LogP contribution in [-0.4, -0.2) is 25.6 Å². The molecular weight excluding hydrogens is 624 g/mol. The number of hydrogen-bond donors (Lipinski definition) is 1. The predicted octanol–water partition coefficient (Wildman–Crippen LogP) is 8.28. The summed E-state index contributed by atoms with van der Waals surface area (Å²) in [5.74, 6) is -6.71. The van der Waals surface area contributed by atoms with Crippen LogP contribution < -0.4 is 14.8 Å². The normalized spacial score (nSPS) is 13.3. The SMILES string of the molecule is COc1ccc([C@@](Cc2ccccc2)(NC(=O)c2ccc(F)c(C(F)(F)F)c2)c2cc(F)cc(OC(F)(F)C(F)F)c2)cc1F. The molecule has 0 saturated heterocycles. The van der Waals surface area contributed by atoms with Gasteiger partial charge in [0.15, 0.2) is 11.6 Å². The molecule has 1 N–H and O–H groups in total. The van der Waals surface area contributed by atoms with Gasteiger partial charge in [0.05, 0.1) is 18.2 Å². The maximum absolute atomic E-state index is 15.1. The van der Waals surface area contributed by atoms with E-state index in [1.807, 2.05) is 0 Å². The average Bonchev–Trinajstić information content (AvgIpc) is 2.96. The van der Waals surface area contributed by atoms with E-state index in [-0.39, 0.29) is 17.4 Å². The molecule has 4 rings (SSSR count). The molecule has 0 aliphatic carbocycles. The predicted molar refractivity (Wildman–Crippen MR) is 141 cm³/mol. The third-order valence-electron chi connectivity index (χ3n) is 6.69. The van der Waals surface area contributed by atoms with Crippen molar-refractivity contribution in [2.75, 3.05) is 7.11 Å². The molecule has 4 nitrogen and oxygen atoms in total. The first-order chi connectivity index (χ1) is 21.1. The number of methoxy groups -OCH3 is 1. The fourth-order valence-corrected chi connectivity index (χ4v) is 4.61. The Morgan fingerprint density at radius 1 is 0.800 bits per heavy atom. The van der Waals surface area contributed by atoms with Crippen molar-refractivity contribution in [2.45, 2.75) is 30.7 Å². The van der Waals surface area contributed by atoms with Crippen LogP contribution in [0.25, 0.3) is 0 Å². The van der Waals surface area contributed by atoms with Gasteiger partial charge >= 0.3 is 18.7 Å². The molecule has 238 valence electrons. The maximum atomic E-state index is 15.1. The Morgan fingerprint density at radius 3 is 2.09 bits per heavy atom. The van der Waals surface area contributed by atoms with Crippen molar-refractivity contribution < 1.29 is 58.2 Å². The third-order valence-corrected chi connectivity index (χ3v) is 6.69. The number of carbonyl (C=O) groups is 1. The van der Waals surface area contributed by atoms with Crippen LogP contribution in [0.3, 0.4) is 0 Å². The zero-order valence-corrected chi connectivity index (χ0v) is 22.9. The molecule has 0 heterocycles. The lowest BCUT2D eigenvalue weighted by Gasteiger charge is -2.37. The molecule has 1 amide bonds. The molecule has 0 aliphatic rings. The molecular formula is C31H21F10NO3. The molecule has 0 aromatic heterocycles. The lowest BCUT2D eigenvalue weighted by Crippen LogP contribution is -2.49. The Morgan fingerprint density at radius 2 is 1.49 bits per heavy atom. The van der Waals surface area contributed by atoms with Crippen LogP contribution in [-0.2, 0) is 18.1 Å². The van der Waals surface area contributed by atoms with Gasteiger partial charge in [-0.3, -0.25) is 4.79 Å². The number of carbonyl (C=O) groups excluding carboxylic acids is 1. The van der Waals surface area contributed by atoms with Gasteiger partial charge in [-0.25, -0.2) is 13.2 Å². The van der Waals surface area contributed by atoms with Crippen molar-refractivity contribution in [3.8, 4) is 11.5 Å². The smallest absolute Gasteiger partial charge is 0.461 e. The maximum Gasteiger partial charge on any atom is 0.461 e. The Kier molecular flexibility index (Phi) is 9.35. The first-order valence-corrected chi connectivity index (χ1v) is 12.8. The highest BCUT2D eigenvalue weighted by atomic mass is 19.4. The van der Waals surface area contributed by atoms with Crippen molar-refractivity contribution in [1.82, 2.24) is 5.32 Å². The van der Waals surface area contributed by atoms with E-state index in [0.717, 1.165) is 25.3 Å². The Balaban J connectivity index is 2.00. The largest absolute Gasteiger partial charge is 0.494 e. The van der Waals surface area contributed by atoms with Crippen LogP contribution in [0.4, 0.5) is 43.9 Å². The lowest BCUT2D eigenvalue weighted by atomic mass is 9.77.